The molecule has 4 heteroatoms. The summed E-state index contributed by atoms with van der Waals surface area (Å²) in [6.45, 7) is 2.10. The highest BCUT2D eigenvalue weighted by Crippen LogP contribution is 2.41. The van der Waals surface area contributed by atoms with Crippen molar-refractivity contribution in [1.82, 2.24) is 4.98 Å². The average Bonchev–Trinajstić information content (AvgIpc) is 3.15. The van der Waals surface area contributed by atoms with E-state index in [1.165, 1.54) is 10.1 Å². The van der Waals surface area contributed by atoms with E-state index in [4.69, 9.17) is 10.5 Å². The molecule has 0 bridgehead atoms. The van der Waals surface area contributed by atoms with Crippen LogP contribution in [0.15, 0.2) is 54.0 Å². The van der Waals surface area contributed by atoms with E-state index < -0.39 is 0 Å². The van der Waals surface area contributed by atoms with Crippen LogP contribution in [0.2, 0.25) is 0 Å². The maximum atomic E-state index is 6.16. The Hall–Kier alpha value is -2.43. The van der Waals surface area contributed by atoms with Gasteiger partial charge in [-0.2, -0.15) is 0 Å². The SMILES string of the molecule is CCC(N)c1ccc(-c2c(OC)ccc3ncc4sccc4c23)cc1. The third-order valence-electron chi connectivity index (χ3n) is 4.72. The van der Waals surface area contributed by atoms with Crippen molar-refractivity contribution < 1.29 is 4.74 Å². The van der Waals surface area contributed by atoms with Crippen LogP contribution < -0.4 is 10.5 Å². The van der Waals surface area contributed by atoms with E-state index in [1.807, 2.05) is 18.3 Å². The molecule has 1 atom stereocenters. The van der Waals surface area contributed by atoms with Crippen LogP contribution >= 0.6 is 11.3 Å². The van der Waals surface area contributed by atoms with Gasteiger partial charge >= 0.3 is 0 Å². The number of pyridine rings is 1. The molecule has 0 aliphatic rings. The van der Waals surface area contributed by atoms with Crippen molar-refractivity contribution in [2.45, 2.75) is 19.4 Å². The van der Waals surface area contributed by atoms with Gasteiger partial charge in [-0.3, -0.25) is 4.98 Å². The molecule has 2 N–H and O–H groups in total. The number of nitrogens with zero attached hydrogens (tertiary/aromatic N) is 1. The average molecular weight is 348 g/mol. The van der Waals surface area contributed by atoms with E-state index in [0.717, 1.165) is 39.8 Å². The van der Waals surface area contributed by atoms with Crippen LogP contribution in [-0.2, 0) is 0 Å². The van der Waals surface area contributed by atoms with Gasteiger partial charge in [-0.25, -0.2) is 0 Å². The van der Waals surface area contributed by atoms with E-state index in [2.05, 4.69) is 47.6 Å². The predicted molar refractivity (Wildman–Crippen MR) is 106 cm³/mol. The Morgan fingerprint density at radius 3 is 2.64 bits per heavy atom. The first-order valence-corrected chi connectivity index (χ1v) is 9.29. The predicted octanol–water partition coefficient (Wildman–Crippen LogP) is 5.53. The Balaban J connectivity index is 2.00. The maximum Gasteiger partial charge on any atom is 0.127 e. The second kappa shape index (κ2) is 6.47. The van der Waals surface area contributed by atoms with Gasteiger partial charge in [0.2, 0.25) is 0 Å². The molecule has 1 unspecified atom stereocenters. The largest absolute Gasteiger partial charge is 0.496 e. The minimum atomic E-state index is 0.0775. The molecule has 0 aliphatic carbocycles. The smallest absolute Gasteiger partial charge is 0.127 e. The molecule has 0 aliphatic heterocycles. The lowest BCUT2D eigenvalue weighted by Crippen LogP contribution is -2.08. The summed E-state index contributed by atoms with van der Waals surface area (Å²) in [5, 5.41) is 4.47. The fraction of sp³-hybridized carbons (Fsp3) is 0.190. The van der Waals surface area contributed by atoms with Gasteiger partial charge in [0.25, 0.3) is 0 Å². The van der Waals surface area contributed by atoms with Gasteiger partial charge in [0.1, 0.15) is 5.75 Å². The molecule has 126 valence electrons. The lowest BCUT2D eigenvalue weighted by Gasteiger charge is -2.15. The van der Waals surface area contributed by atoms with Crippen molar-refractivity contribution in [3.8, 4) is 16.9 Å². The number of thiophene rings is 1. The molecule has 0 radical (unpaired) electrons. The number of rotatable bonds is 4. The first kappa shape index (κ1) is 16.1. The summed E-state index contributed by atoms with van der Waals surface area (Å²) in [7, 11) is 1.72. The second-order valence-electron chi connectivity index (χ2n) is 6.13. The number of ether oxygens (including phenoxy) is 1. The third kappa shape index (κ3) is 2.68. The molecular weight excluding hydrogens is 328 g/mol. The zero-order valence-corrected chi connectivity index (χ0v) is 15.1. The Bertz CT molecular complexity index is 1040. The van der Waals surface area contributed by atoms with Gasteiger partial charge in [-0.1, -0.05) is 31.2 Å². The van der Waals surface area contributed by atoms with Gasteiger partial charge in [-0.15, -0.1) is 11.3 Å². The number of hydrogen-bond donors (Lipinski definition) is 1. The van der Waals surface area contributed by atoms with Crippen LogP contribution in [0.3, 0.4) is 0 Å². The highest BCUT2D eigenvalue weighted by Gasteiger charge is 2.15. The Morgan fingerprint density at radius 2 is 1.92 bits per heavy atom. The lowest BCUT2D eigenvalue weighted by molar-refractivity contribution is 0.417. The Kier molecular flexibility index (Phi) is 4.15. The molecule has 0 saturated heterocycles. The summed E-state index contributed by atoms with van der Waals surface area (Å²) >= 11 is 1.71. The molecule has 0 saturated carbocycles. The lowest BCUT2D eigenvalue weighted by atomic mass is 9.95. The highest BCUT2D eigenvalue weighted by molar-refractivity contribution is 7.17. The maximum absolute atomic E-state index is 6.16. The molecule has 4 rings (SSSR count). The van der Waals surface area contributed by atoms with Crippen molar-refractivity contribution in [2.24, 2.45) is 5.73 Å². The molecule has 0 amide bonds. The minimum absolute atomic E-state index is 0.0775. The zero-order valence-electron chi connectivity index (χ0n) is 14.3. The van der Waals surface area contributed by atoms with Crippen molar-refractivity contribution in [3.05, 3.63) is 59.6 Å². The van der Waals surface area contributed by atoms with Gasteiger partial charge in [0.15, 0.2) is 0 Å². The van der Waals surface area contributed by atoms with Gasteiger partial charge < -0.3 is 10.5 Å². The quantitative estimate of drug-likeness (QED) is 0.527. The monoisotopic (exact) mass is 348 g/mol. The number of nitrogens with two attached hydrogens (primary N) is 1. The van der Waals surface area contributed by atoms with Crippen LogP contribution in [0, 0.1) is 0 Å². The van der Waals surface area contributed by atoms with Gasteiger partial charge in [-0.05, 0) is 41.1 Å². The minimum Gasteiger partial charge on any atom is -0.496 e. The molecule has 25 heavy (non-hydrogen) atoms. The zero-order chi connectivity index (χ0) is 17.4. The van der Waals surface area contributed by atoms with Crippen LogP contribution in [0.25, 0.3) is 32.1 Å². The highest BCUT2D eigenvalue weighted by atomic mass is 32.1. The summed E-state index contributed by atoms with van der Waals surface area (Å²) in [5.41, 5.74) is 10.5. The van der Waals surface area contributed by atoms with E-state index in [0.29, 0.717) is 0 Å². The first-order valence-electron chi connectivity index (χ1n) is 8.41. The van der Waals surface area contributed by atoms with Crippen LogP contribution in [0.5, 0.6) is 5.75 Å². The Labute approximate surface area is 151 Å². The fourth-order valence-corrected chi connectivity index (χ4v) is 4.06. The van der Waals surface area contributed by atoms with Crippen molar-refractivity contribution >= 4 is 32.3 Å². The normalized spacial score (nSPS) is 12.6. The summed E-state index contributed by atoms with van der Waals surface area (Å²) in [6, 6.07) is 14.7. The molecule has 2 aromatic heterocycles. The molecule has 2 heterocycles. The summed E-state index contributed by atoms with van der Waals surface area (Å²) in [4.78, 5) is 4.64. The molecule has 0 fully saturated rings. The number of methoxy groups -OCH3 is 1. The van der Waals surface area contributed by atoms with E-state index in [-0.39, 0.29) is 6.04 Å². The van der Waals surface area contributed by atoms with Gasteiger partial charge in [0.05, 0.1) is 17.3 Å². The molecular formula is C21H20N2OS. The topological polar surface area (TPSA) is 48.1 Å². The summed E-state index contributed by atoms with van der Waals surface area (Å²) in [6.07, 6.45) is 2.87. The van der Waals surface area contributed by atoms with Crippen LogP contribution in [-0.4, -0.2) is 12.1 Å². The second-order valence-corrected chi connectivity index (χ2v) is 7.08. The summed E-state index contributed by atoms with van der Waals surface area (Å²) < 4.78 is 6.87. The number of fused-ring (bicyclic) bond motifs is 3. The Morgan fingerprint density at radius 1 is 1.12 bits per heavy atom. The van der Waals surface area contributed by atoms with E-state index in [1.54, 1.807) is 18.4 Å². The number of hydrogen-bond acceptors (Lipinski definition) is 4. The summed E-state index contributed by atoms with van der Waals surface area (Å²) in [5.74, 6) is 0.862. The third-order valence-corrected chi connectivity index (χ3v) is 5.57. The molecule has 3 nitrogen and oxygen atoms in total. The van der Waals surface area contributed by atoms with Crippen molar-refractivity contribution in [2.75, 3.05) is 7.11 Å². The fourth-order valence-electron chi connectivity index (χ4n) is 3.30. The molecule has 2 aromatic carbocycles. The molecule has 0 spiro atoms. The number of benzene rings is 2. The number of aromatic nitrogens is 1. The van der Waals surface area contributed by atoms with Crippen LogP contribution in [0.1, 0.15) is 24.9 Å². The van der Waals surface area contributed by atoms with E-state index in [9.17, 15) is 0 Å². The first-order chi connectivity index (χ1) is 12.2. The van der Waals surface area contributed by atoms with Gasteiger partial charge in [0, 0.05) is 28.6 Å². The van der Waals surface area contributed by atoms with Crippen LogP contribution in [0.4, 0.5) is 0 Å². The van der Waals surface area contributed by atoms with Crippen molar-refractivity contribution in [3.63, 3.8) is 0 Å². The standard InChI is InChI=1S/C21H20N2OS/c1-3-16(22)13-4-6-14(7-5-13)20-18(24-2)9-8-17-21(20)15-10-11-25-19(15)12-23-17/h4-12,16H,3,22H2,1-2H3. The molecule has 4 aromatic rings. The van der Waals surface area contributed by atoms with E-state index >= 15 is 0 Å². The van der Waals surface area contributed by atoms with Crippen molar-refractivity contribution in [1.29, 1.82) is 0 Å².